The summed E-state index contributed by atoms with van der Waals surface area (Å²) in [6, 6.07) is 8.91. The topological polar surface area (TPSA) is 46.5 Å². The largest absolute Gasteiger partial charge is 0.478 e. The van der Waals surface area contributed by atoms with Gasteiger partial charge in [-0.3, -0.25) is 0 Å². The maximum atomic E-state index is 14.1. The van der Waals surface area contributed by atoms with Crippen LogP contribution in [0.3, 0.4) is 0 Å². The van der Waals surface area contributed by atoms with Crippen molar-refractivity contribution >= 4 is 33.5 Å². The molecule has 0 saturated carbocycles. The summed E-state index contributed by atoms with van der Waals surface area (Å²) in [7, 11) is 0. The highest BCUT2D eigenvalue weighted by atomic mass is 79.9. The van der Waals surface area contributed by atoms with Crippen molar-refractivity contribution in [3.8, 4) is 5.75 Å². The van der Waals surface area contributed by atoms with Gasteiger partial charge in [-0.25, -0.2) is 9.18 Å². The SMILES string of the molecule is O=C(O)[C@@]1(c2ccccc2F)Cc2c(ccc(Cl)c2Br)O1. The molecule has 6 heteroatoms. The van der Waals surface area contributed by atoms with Gasteiger partial charge in [0.25, 0.3) is 0 Å². The van der Waals surface area contributed by atoms with Crippen LogP contribution in [-0.4, -0.2) is 11.1 Å². The Morgan fingerprint density at radius 2 is 2.05 bits per heavy atom. The molecule has 1 heterocycles. The molecule has 0 radical (unpaired) electrons. The number of hydrogen-bond acceptors (Lipinski definition) is 2. The second kappa shape index (κ2) is 5.00. The molecular formula is C15H9BrClFO3. The number of halogens is 3. The van der Waals surface area contributed by atoms with E-state index in [1.165, 1.54) is 18.2 Å². The Hall–Kier alpha value is -1.59. The van der Waals surface area contributed by atoms with Crippen molar-refractivity contribution in [1.82, 2.24) is 0 Å². The molecule has 0 aromatic heterocycles. The fraction of sp³-hybridized carbons (Fsp3) is 0.133. The van der Waals surface area contributed by atoms with Gasteiger partial charge in [0.05, 0.1) is 5.02 Å². The third-order valence-electron chi connectivity index (χ3n) is 3.52. The highest BCUT2D eigenvalue weighted by molar-refractivity contribution is 9.10. The van der Waals surface area contributed by atoms with Crippen molar-refractivity contribution in [2.24, 2.45) is 0 Å². The van der Waals surface area contributed by atoms with Crippen LogP contribution in [0, 0.1) is 5.82 Å². The molecule has 1 atom stereocenters. The molecule has 0 aliphatic carbocycles. The van der Waals surface area contributed by atoms with Gasteiger partial charge in [0.1, 0.15) is 11.6 Å². The fourth-order valence-electron chi connectivity index (χ4n) is 2.48. The Kier molecular flexibility index (Phi) is 3.42. The molecule has 0 amide bonds. The number of carboxylic acid groups (broad SMARTS) is 1. The minimum Gasteiger partial charge on any atom is -0.478 e. The van der Waals surface area contributed by atoms with Crippen LogP contribution in [0.25, 0.3) is 0 Å². The van der Waals surface area contributed by atoms with Crippen LogP contribution < -0.4 is 4.74 Å². The van der Waals surface area contributed by atoms with Crippen LogP contribution in [0.1, 0.15) is 11.1 Å². The first-order chi connectivity index (χ1) is 9.95. The van der Waals surface area contributed by atoms with Crippen LogP contribution in [0.2, 0.25) is 5.02 Å². The predicted molar refractivity (Wildman–Crippen MR) is 79.2 cm³/mol. The lowest BCUT2D eigenvalue weighted by molar-refractivity contribution is -0.154. The number of benzene rings is 2. The number of rotatable bonds is 2. The zero-order valence-electron chi connectivity index (χ0n) is 10.6. The minimum atomic E-state index is -1.78. The highest BCUT2D eigenvalue weighted by Gasteiger charge is 2.50. The Labute approximate surface area is 133 Å². The Morgan fingerprint density at radius 1 is 1.33 bits per heavy atom. The van der Waals surface area contributed by atoms with E-state index >= 15 is 0 Å². The number of carboxylic acids is 1. The average Bonchev–Trinajstić information content (AvgIpc) is 2.85. The van der Waals surface area contributed by atoms with Gasteiger partial charge in [-0.15, -0.1) is 0 Å². The van der Waals surface area contributed by atoms with Crippen LogP contribution >= 0.6 is 27.5 Å². The van der Waals surface area contributed by atoms with E-state index in [1.54, 1.807) is 18.2 Å². The van der Waals surface area contributed by atoms with Gasteiger partial charge in [0, 0.05) is 22.0 Å². The smallest absolute Gasteiger partial charge is 0.353 e. The molecule has 1 N–H and O–H groups in total. The van der Waals surface area contributed by atoms with Gasteiger partial charge in [0.2, 0.25) is 5.60 Å². The minimum absolute atomic E-state index is 0.000255. The molecule has 0 spiro atoms. The Morgan fingerprint density at radius 3 is 2.71 bits per heavy atom. The number of carbonyl (C=O) groups is 1. The normalized spacial score (nSPS) is 20.0. The van der Waals surface area contributed by atoms with Crippen LogP contribution in [-0.2, 0) is 16.8 Å². The van der Waals surface area contributed by atoms with Gasteiger partial charge in [0.15, 0.2) is 0 Å². The summed E-state index contributed by atoms with van der Waals surface area (Å²) >= 11 is 9.34. The summed E-state index contributed by atoms with van der Waals surface area (Å²) in [6.45, 7) is 0. The van der Waals surface area contributed by atoms with E-state index in [9.17, 15) is 14.3 Å². The second-order valence-corrected chi connectivity index (χ2v) is 5.93. The van der Waals surface area contributed by atoms with Crippen molar-refractivity contribution < 1.29 is 19.0 Å². The molecular weight excluding hydrogens is 363 g/mol. The van der Waals surface area contributed by atoms with E-state index in [2.05, 4.69) is 15.9 Å². The van der Waals surface area contributed by atoms with E-state index in [-0.39, 0.29) is 12.0 Å². The molecule has 3 rings (SSSR count). The van der Waals surface area contributed by atoms with Crippen LogP contribution in [0.5, 0.6) is 5.75 Å². The van der Waals surface area contributed by atoms with Crippen LogP contribution in [0.4, 0.5) is 4.39 Å². The molecule has 0 unspecified atom stereocenters. The Bertz CT molecular complexity index is 750. The highest BCUT2D eigenvalue weighted by Crippen LogP contribution is 2.47. The number of hydrogen-bond donors (Lipinski definition) is 1. The third-order valence-corrected chi connectivity index (χ3v) is 4.97. The van der Waals surface area contributed by atoms with Crippen molar-refractivity contribution in [2.75, 3.05) is 0 Å². The van der Waals surface area contributed by atoms with Gasteiger partial charge in [-0.1, -0.05) is 29.8 Å². The molecule has 0 saturated heterocycles. The second-order valence-electron chi connectivity index (χ2n) is 4.73. The summed E-state index contributed by atoms with van der Waals surface area (Å²) in [5.41, 5.74) is -1.16. The molecule has 21 heavy (non-hydrogen) atoms. The lowest BCUT2D eigenvalue weighted by Crippen LogP contribution is -2.41. The quantitative estimate of drug-likeness (QED) is 0.862. The first-order valence-electron chi connectivity index (χ1n) is 6.10. The first kappa shape index (κ1) is 14.4. The van der Waals surface area contributed by atoms with E-state index in [0.29, 0.717) is 20.8 Å². The lowest BCUT2D eigenvalue weighted by atomic mass is 9.89. The molecule has 108 valence electrons. The zero-order chi connectivity index (χ0) is 15.2. The molecule has 2 aromatic carbocycles. The summed E-state index contributed by atoms with van der Waals surface area (Å²) in [5.74, 6) is -1.47. The Balaban J connectivity index is 2.18. The van der Waals surface area contributed by atoms with Gasteiger partial charge in [-0.05, 0) is 34.1 Å². The standard InChI is InChI=1S/C15H9BrClFO3/c16-13-8-7-15(14(19)20,9-3-1-2-4-11(9)18)21-12(8)6-5-10(13)17/h1-6H,7H2,(H,19,20)/t15-/m0/s1. The number of aliphatic carboxylic acids is 1. The molecule has 1 aliphatic rings. The maximum absolute atomic E-state index is 14.1. The van der Waals surface area contributed by atoms with Gasteiger partial charge in [-0.2, -0.15) is 0 Å². The van der Waals surface area contributed by atoms with Gasteiger partial charge >= 0.3 is 5.97 Å². The van der Waals surface area contributed by atoms with Crippen molar-refractivity contribution in [2.45, 2.75) is 12.0 Å². The third kappa shape index (κ3) is 2.12. The van der Waals surface area contributed by atoms with Crippen molar-refractivity contribution in [3.63, 3.8) is 0 Å². The van der Waals surface area contributed by atoms with Crippen molar-refractivity contribution in [3.05, 3.63) is 62.8 Å². The van der Waals surface area contributed by atoms with Crippen molar-refractivity contribution in [1.29, 1.82) is 0 Å². The zero-order valence-corrected chi connectivity index (χ0v) is 12.9. The molecule has 0 fully saturated rings. The first-order valence-corrected chi connectivity index (χ1v) is 7.27. The van der Waals surface area contributed by atoms with Gasteiger partial charge < -0.3 is 9.84 Å². The number of ether oxygens (including phenoxy) is 1. The lowest BCUT2D eigenvalue weighted by Gasteiger charge is -2.24. The molecule has 0 bridgehead atoms. The summed E-state index contributed by atoms with van der Waals surface area (Å²) in [4.78, 5) is 11.8. The average molecular weight is 372 g/mol. The fourth-order valence-corrected chi connectivity index (χ4v) is 3.13. The van der Waals surface area contributed by atoms with E-state index in [1.807, 2.05) is 0 Å². The monoisotopic (exact) mass is 370 g/mol. The van der Waals surface area contributed by atoms with Crippen LogP contribution in [0.15, 0.2) is 40.9 Å². The predicted octanol–water partition coefficient (Wildman–Crippen LogP) is 4.16. The summed E-state index contributed by atoms with van der Waals surface area (Å²) < 4.78 is 20.3. The summed E-state index contributed by atoms with van der Waals surface area (Å²) in [5, 5.41) is 10.1. The molecule has 1 aliphatic heterocycles. The summed E-state index contributed by atoms with van der Waals surface area (Å²) in [6.07, 6.45) is -0.000255. The molecule has 3 nitrogen and oxygen atoms in total. The molecule has 2 aromatic rings. The van der Waals surface area contributed by atoms with E-state index in [4.69, 9.17) is 16.3 Å². The maximum Gasteiger partial charge on any atom is 0.353 e. The van der Waals surface area contributed by atoms with E-state index in [0.717, 1.165) is 0 Å². The van der Waals surface area contributed by atoms with E-state index < -0.39 is 17.4 Å². The number of fused-ring (bicyclic) bond motifs is 1.